The molecule has 0 bridgehead atoms. The van der Waals surface area contributed by atoms with E-state index in [2.05, 4.69) is 14.5 Å². The van der Waals surface area contributed by atoms with E-state index in [4.69, 9.17) is 5.11 Å². The van der Waals surface area contributed by atoms with Gasteiger partial charge in [-0.2, -0.15) is 0 Å². The molecule has 0 spiro atoms. The van der Waals surface area contributed by atoms with E-state index in [1.54, 1.807) is 0 Å². The molecule has 0 radical (unpaired) electrons. The normalized spacial score (nSPS) is 23.9. The fraction of sp³-hybridized carbons (Fsp3) is 0.750. The number of aromatic nitrogens is 2. The topological polar surface area (TPSA) is 49.2 Å². The Bertz CT molecular complexity index is 252. The minimum Gasteiger partial charge on any atom is -0.396 e. The molecule has 1 aromatic heterocycles. The molecule has 2 rings (SSSR count). The minimum atomic E-state index is 0.317. The lowest BCUT2D eigenvalue weighted by molar-refractivity contribution is 0.220. The molecule has 2 heterocycles. The Morgan fingerprint density at radius 1 is 1.69 bits per heavy atom. The lowest BCUT2D eigenvalue weighted by Crippen LogP contribution is -2.20. The molecule has 72 valence electrons. The molecule has 1 aliphatic heterocycles. The highest BCUT2D eigenvalue weighted by molar-refractivity contribution is 7.05. The maximum absolute atomic E-state index is 8.96. The SMILES string of the molecule is OCC1CCN(Cc2cnns2)C1. The van der Waals surface area contributed by atoms with E-state index in [0.717, 1.165) is 26.1 Å². The van der Waals surface area contributed by atoms with Gasteiger partial charge in [0, 0.05) is 19.7 Å². The minimum absolute atomic E-state index is 0.317. The van der Waals surface area contributed by atoms with Gasteiger partial charge in [0.2, 0.25) is 0 Å². The summed E-state index contributed by atoms with van der Waals surface area (Å²) in [4.78, 5) is 3.55. The van der Waals surface area contributed by atoms with Gasteiger partial charge in [0.25, 0.3) is 0 Å². The molecule has 13 heavy (non-hydrogen) atoms. The second-order valence-corrected chi connectivity index (χ2v) is 4.33. The Morgan fingerprint density at radius 2 is 2.62 bits per heavy atom. The van der Waals surface area contributed by atoms with Crippen LogP contribution >= 0.6 is 11.5 Å². The van der Waals surface area contributed by atoms with Crippen molar-refractivity contribution >= 4 is 11.5 Å². The van der Waals surface area contributed by atoms with Crippen LogP contribution < -0.4 is 0 Å². The first-order valence-corrected chi connectivity index (χ1v) is 5.25. The lowest BCUT2D eigenvalue weighted by Gasteiger charge is -2.12. The summed E-state index contributed by atoms with van der Waals surface area (Å²) < 4.78 is 3.82. The average molecular weight is 199 g/mol. The highest BCUT2D eigenvalue weighted by Gasteiger charge is 2.21. The first-order chi connectivity index (χ1) is 6.38. The van der Waals surface area contributed by atoms with Crippen molar-refractivity contribution in [3.8, 4) is 0 Å². The number of hydrogen-bond donors (Lipinski definition) is 1. The van der Waals surface area contributed by atoms with Crippen LogP contribution in [0.5, 0.6) is 0 Å². The van der Waals surface area contributed by atoms with Gasteiger partial charge >= 0.3 is 0 Å². The van der Waals surface area contributed by atoms with Crippen LogP contribution in [0.2, 0.25) is 0 Å². The van der Waals surface area contributed by atoms with Crippen LogP contribution in [0.1, 0.15) is 11.3 Å². The molecule has 1 saturated heterocycles. The van der Waals surface area contributed by atoms with Gasteiger partial charge in [0.15, 0.2) is 0 Å². The summed E-state index contributed by atoms with van der Waals surface area (Å²) in [5, 5.41) is 12.8. The van der Waals surface area contributed by atoms with E-state index in [1.165, 1.54) is 16.4 Å². The summed E-state index contributed by atoms with van der Waals surface area (Å²) in [5.41, 5.74) is 0. The van der Waals surface area contributed by atoms with Gasteiger partial charge in [-0.05, 0) is 30.4 Å². The van der Waals surface area contributed by atoms with Crippen LogP contribution in [0, 0.1) is 5.92 Å². The second kappa shape index (κ2) is 4.13. The molecule has 4 nitrogen and oxygen atoms in total. The zero-order valence-corrected chi connectivity index (χ0v) is 8.20. The van der Waals surface area contributed by atoms with Gasteiger partial charge in [-0.1, -0.05) is 4.49 Å². The van der Waals surface area contributed by atoms with Crippen molar-refractivity contribution in [3.05, 3.63) is 11.1 Å². The zero-order chi connectivity index (χ0) is 9.10. The highest BCUT2D eigenvalue weighted by atomic mass is 32.1. The Balaban J connectivity index is 1.84. The van der Waals surface area contributed by atoms with Gasteiger partial charge < -0.3 is 5.11 Å². The fourth-order valence-electron chi connectivity index (χ4n) is 1.68. The predicted octanol–water partition coefficient (Wildman–Crippen LogP) is 0.352. The molecule has 1 N–H and O–H groups in total. The fourth-order valence-corrected chi connectivity index (χ4v) is 2.22. The summed E-state index contributed by atoms with van der Waals surface area (Å²) in [7, 11) is 0. The third-order valence-electron chi connectivity index (χ3n) is 2.41. The number of nitrogens with zero attached hydrogens (tertiary/aromatic N) is 3. The molecule has 5 heteroatoms. The Hall–Kier alpha value is -0.520. The van der Waals surface area contributed by atoms with Gasteiger partial charge in [-0.3, -0.25) is 4.90 Å². The first-order valence-electron chi connectivity index (χ1n) is 4.48. The number of aliphatic hydroxyl groups excluding tert-OH is 1. The highest BCUT2D eigenvalue weighted by Crippen LogP contribution is 2.18. The maximum atomic E-state index is 8.96. The zero-order valence-electron chi connectivity index (χ0n) is 7.39. The van der Waals surface area contributed by atoms with Crippen LogP contribution in [-0.4, -0.2) is 39.3 Å². The van der Waals surface area contributed by atoms with E-state index < -0.39 is 0 Å². The van der Waals surface area contributed by atoms with Crippen molar-refractivity contribution in [2.24, 2.45) is 5.92 Å². The largest absolute Gasteiger partial charge is 0.396 e. The molecular weight excluding hydrogens is 186 g/mol. The molecule has 1 atom stereocenters. The Labute approximate surface area is 81.4 Å². The molecule has 1 fully saturated rings. The van der Waals surface area contributed by atoms with Crippen molar-refractivity contribution in [2.45, 2.75) is 13.0 Å². The van der Waals surface area contributed by atoms with E-state index in [1.807, 2.05) is 6.20 Å². The number of likely N-dealkylation sites (tertiary alicyclic amines) is 1. The molecule has 1 unspecified atom stereocenters. The molecule has 1 aromatic rings. The van der Waals surface area contributed by atoms with Gasteiger partial charge in [0.05, 0.1) is 11.1 Å². The monoisotopic (exact) mass is 199 g/mol. The summed E-state index contributed by atoms with van der Waals surface area (Å²) in [6, 6.07) is 0. The van der Waals surface area contributed by atoms with Crippen LogP contribution in [-0.2, 0) is 6.54 Å². The van der Waals surface area contributed by atoms with Crippen LogP contribution in [0.25, 0.3) is 0 Å². The molecular formula is C8H13N3OS. The van der Waals surface area contributed by atoms with Crippen molar-refractivity contribution in [1.29, 1.82) is 0 Å². The second-order valence-electron chi connectivity index (χ2n) is 3.46. The average Bonchev–Trinajstić information content (AvgIpc) is 2.76. The van der Waals surface area contributed by atoms with Gasteiger partial charge in [-0.15, -0.1) is 5.10 Å². The van der Waals surface area contributed by atoms with E-state index in [-0.39, 0.29) is 0 Å². The van der Waals surface area contributed by atoms with Gasteiger partial charge in [0.1, 0.15) is 0 Å². The summed E-state index contributed by atoms with van der Waals surface area (Å²) in [6.07, 6.45) is 2.93. The van der Waals surface area contributed by atoms with Crippen molar-refractivity contribution < 1.29 is 5.11 Å². The molecule has 0 aliphatic carbocycles. The third-order valence-corrected chi connectivity index (χ3v) is 3.06. The molecule has 0 saturated carbocycles. The van der Waals surface area contributed by atoms with Crippen LogP contribution in [0.4, 0.5) is 0 Å². The standard InChI is InChI=1S/C8H13N3OS/c12-6-7-1-2-11(4-7)5-8-3-9-10-13-8/h3,7,12H,1-2,4-6H2. The molecule has 0 amide bonds. The number of rotatable bonds is 3. The Kier molecular flexibility index (Phi) is 2.87. The molecule has 1 aliphatic rings. The smallest absolute Gasteiger partial charge is 0.0666 e. The predicted molar refractivity (Wildman–Crippen MR) is 50.4 cm³/mol. The quantitative estimate of drug-likeness (QED) is 0.763. The van der Waals surface area contributed by atoms with Gasteiger partial charge in [-0.25, -0.2) is 0 Å². The third kappa shape index (κ3) is 2.24. The van der Waals surface area contributed by atoms with E-state index >= 15 is 0 Å². The summed E-state index contributed by atoms with van der Waals surface area (Å²) >= 11 is 1.45. The van der Waals surface area contributed by atoms with Crippen molar-refractivity contribution in [3.63, 3.8) is 0 Å². The van der Waals surface area contributed by atoms with Crippen molar-refractivity contribution in [1.82, 2.24) is 14.5 Å². The summed E-state index contributed by atoms with van der Waals surface area (Å²) in [5.74, 6) is 0.473. The van der Waals surface area contributed by atoms with Crippen LogP contribution in [0.3, 0.4) is 0 Å². The van der Waals surface area contributed by atoms with Crippen molar-refractivity contribution in [2.75, 3.05) is 19.7 Å². The Morgan fingerprint density at radius 3 is 3.23 bits per heavy atom. The number of aliphatic hydroxyl groups is 1. The maximum Gasteiger partial charge on any atom is 0.0666 e. The first kappa shape index (κ1) is 9.05. The summed E-state index contributed by atoms with van der Waals surface area (Å²) in [6.45, 7) is 3.35. The van der Waals surface area contributed by atoms with E-state index in [0.29, 0.717) is 12.5 Å². The van der Waals surface area contributed by atoms with E-state index in [9.17, 15) is 0 Å². The number of hydrogen-bond acceptors (Lipinski definition) is 5. The molecule has 0 aromatic carbocycles. The van der Waals surface area contributed by atoms with Crippen LogP contribution in [0.15, 0.2) is 6.20 Å². The lowest BCUT2D eigenvalue weighted by atomic mass is 10.1.